The van der Waals surface area contributed by atoms with E-state index < -0.39 is 0 Å². The van der Waals surface area contributed by atoms with Crippen LogP contribution >= 0.6 is 15.9 Å². The van der Waals surface area contributed by atoms with Gasteiger partial charge in [0.05, 0.1) is 0 Å². The maximum atomic E-state index is 3.53. The Hall–Kier alpha value is -0.540. The number of hydrogen-bond donors (Lipinski definition) is 1. The molecule has 0 bridgehead atoms. The second-order valence-corrected chi connectivity index (χ2v) is 5.01. The number of rotatable bonds is 1. The van der Waals surface area contributed by atoms with E-state index in [9.17, 15) is 0 Å². The molecule has 3 heteroatoms. The minimum atomic E-state index is 0.552. The van der Waals surface area contributed by atoms with E-state index in [-0.39, 0.29) is 0 Å². The zero-order chi connectivity index (χ0) is 10.8. The minimum Gasteiger partial charge on any atom is -0.370 e. The third-order valence-corrected chi connectivity index (χ3v) is 3.39. The molecule has 0 spiro atoms. The molecule has 0 saturated heterocycles. The van der Waals surface area contributed by atoms with Gasteiger partial charge in [-0.3, -0.25) is 0 Å². The molecule has 1 aromatic carbocycles. The highest BCUT2D eigenvalue weighted by molar-refractivity contribution is 9.10. The van der Waals surface area contributed by atoms with Gasteiger partial charge in [0.25, 0.3) is 0 Å². The maximum absolute atomic E-state index is 3.53. The summed E-state index contributed by atoms with van der Waals surface area (Å²) in [5.41, 5.74) is 2.76. The highest BCUT2D eigenvalue weighted by atomic mass is 79.9. The Morgan fingerprint density at radius 3 is 3.07 bits per heavy atom. The van der Waals surface area contributed by atoms with Gasteiger partial charge in [-0.2, -0.15) is 0 Å². The summed E-state index contributed by atoms with van der Waals surface area (Å²) in [5.74, 6) is 0. The van der Waals surface area contributed by atoms with Gasteiger partial charge >= 0.3 is 0 Å². The molecule has 0 fully saturated rings. The lowest BCUT2D eigenvalue weighted by Crippen LogP contribution is -2.35. The molecule has 1 atom stereocenters. The lowest BCUT2D eigenvalue weighted by molar-refractivity contribution is 0.556. The highest BCUT2D eigenvalue weighted by Gasteiger charge is 2.17. The molecule has 0 aromatic heterocycles. The molecule has 2 nitrogen and oxygen atoms in total. The molecule has 0 saturated carbocycles. The Balaban J connectivity index is 2.38. The maximum Gasteiger partial charge on any atom is 0.0413 e. The van der Waals surface area contributed by atoms with Crippen molar-refractivity contribution in [1.82, 2.24) is 5.32 Å². The SMILES string of the molecule is CCN1CC(C)NCc2cc(Br)ccc21. The van der Waals surface area contributed by atoms with Crippen molar-refractivity contribution in [1.29, 1.82) is 0 Å². The summed E-state index contributed by atoms with van der Waals surface area (Å²) in [6.07, 6.45) is 0. The third-order valence-electron chi connectivity index (χ3n) is 2.90. The Bertz CT molecular complexity index is 351. The molecule has 0 amide bonds. The molecule has 1 aliphatic rings. The number of hydrogen-bond acceptors (Lipinski definition) is 2. The van der Waals surface area contributed by atoms with Gasteiger partial charge in [0.15, 0.2) is 0 Å². The van der Waals surface area contributed by atoms with Crippen molar-refractivity contribution in [3.63, 3.8) is 0 Å². The lowest BCUT2D eigenvalue weighted by atomic mass is 10.1. The average Bonchev–Trinajstić information content (AvgIpc) is 2.38. The number of anilines is 1. The van der Waals surface area contributed by atoms with Gasteiger partial charge in [0.1, 0.15) is 0 Å². The van der Waals surface area contributed by atoms with Crippen molar-refractivity contribution >= 4 is 21.6 Å². The summed E-state index contributed by atoms with van der Waals surface area (Å²) in [4.78, 5) is 2.44. The summed E-state index contributed by atoms with van der Waals surface area (Å²) in [7, 11) is 0. The fraction of sp³-hybridized carbons (Fsp3) is 0.500. The van der Waals surface area contributed by atoms with Crippen LogP contribution in [0.3, 0.4) is 0 Å². The van der Waals surface area contributed by atoms with Gasteiger partial charge in [0, 0.05) is 35.8 Å². The summed E-state index contributed by atoms with van der Waals surface area (Å²) < 4.78 is 1.16. The molecule has 15 heavy (non-hydrogen) atoms. The fourth-order valence-electron chi connectivity index (χ4n) is 2.08. The molecule has 1 unspecified atom stereocenters. The number of nitrogens with zero attached hydrogens (tertiary/aromatic N) is 1. The van der Waals surface area contributed by atoms with Crippen LogP contribution in [-0.4, -0.2) is 19.1 Å². The van der Waals surface area contributed by atoms with Crippen molar-refractivity contribution in [3.8, 4) is 0 Å². The lowest BCUT2D eigenvalue weighted by Gasteiger charge is -2.24. The van der Waals surface area contributed by atoms with Crippen LogP contribution in [-0.2, 0) is 6.54 Å². The van der Waals surface area contributed by atoms with E-state index in [1.54, 1.807) is 0 Å². The molecule has 82 valence electrons. The predicted molar refractivity (Wildman–Crippen MR) is 68.3 cm³/mol. The molecular weight excluding hydrogens is 252 g/mol. The van der Waals surface area contributed by atoms with E-state index in [0.717, 1.165) is 24.1 Å². The zero-order valence-corrected chi connectivity index (χ0v) is 10.8. The van der Waals surface area contributed by atoms with Crippen molar-refractivity contribution in [2.24, 2.45) is 0 Å². The van der Waals surface area contributed by atoms with Crippen LogP contribution in [0.5, 0.6) is 0 Å². The Kier molecular flexibility index (Phi) is 3.32. The molecule has 2 rings (SSSR count). The van der Waals surface area contributed by atoms with Gasteiger partial charge in [-0.15, -0.1) is 0 Å². The van der Waals surface area contributed by atoms with E-state index in [2.05, 4.69) is 58.2 Å². The summed E-state index contributed by atoms with van der Waals surface area (Å²) in [6.45, 7) is 7.58. The van der Waals surface area contributed by atoms with Gasteiger partial charge in [-0.25, -0.2) is 0 Å². The first-order valence-corrected chi connectivity index (χ1v) is 6.26. The molecule has 1 aromatic rings. The third kappa shape index (κ3) is 2.34. The summed E-state index contributed by atoms with van der Waals surface area (Å²) in [5, 5.41) is 3.53. The van der Waals surface area contributed by atoms with Gasteiger partial charge in [0.2, 0.25) is 0 Å². The molecule has 0 aliphatic carbocycles. The van der Waals surface area contributed by atoms with Crippen LogP contribution in [0, 0.1) is 0 Å². The largest absolute Gasteiger partial charge is 0.370 e. The molecule has 1 N–H and O–H groups in total. The predicted octanol–water partition coefficient (Wildman–Crippen LogP) is 2.77. The minimum absolute atomic E-state index is 0.552. The molecule has 1 heterocycles. The molecule has 0 radical (unpaired) electrons. The number of benzene rings is 1. The fourth-order valence-corrected chi connectivity index (χ4v) is 2.49. The standard InChI is InChI=1S/C12H17BrN2/c1-3-15-8-9(2)14-7-10-6-11(13)4-5-12(10)15/h4-6,9,14H,3,7-8H2,1-2H3. The average molecular weight is 269 g/mol. The van der Waals surface area contributed by atoms with Crippen molar-refractivity contribution < 1.29 is 0 Å². The summed E-state index contributed by atoms with van der Waals surface area (Å²) in [6, 6.07) is 7.10. The van der Waals surface area contributed by atoms with E-state index >= 15 is 0 Å². The normalized spacial score (nSPS) is 21.0. The van der Waals surface area contributed by atoms with Gasteiger partial charge in [-0.05, 0) is 37.6 Å². The van der Waals surface area contributed by atoms with E-state index in [1.165, 1.54) is 11.3 Å². The van der Waals surface area contributed by atoms with Crippen LogP contribution in [0.25, 0.3) is 0 Å². The van der Waals surface area contributed by atoms with E-state index in [4.69, 9.17) is 0 Å². The zero-order valence-electron chi connectivity index (χ0n) is 9.26. The van der Waals surface area contributed by atoms with Gasteiger partial charge in [-0.1, -0.05) is 15.9 Å². The van der Waals surface area contributed by atoms with Crippen LogP contribution in [0.2, 0.25) is 0 Å². The van der Waals surface area contributed by atoms with Crippen LogP contribution in [0.15, 0.2) is 22.7 Å². The van der Waals surface area contributed by atoms with Crippen LogP contribution in [0.1, 0.15) is 19.4 Å². The number of halogens is 1. The quantitative estimate of drug-likeness (QED) is 0.843. The van der Waals surface area contributed by atoms with Crippen molar-refractivity contribution in [3.05, 3.63) is 28.2 Å². The Morgan fingerprint density at radius 1 is 1.53 bits per heavy atom. The summed E-state index contributed by atoms with van der Waals surface area (Å²) >= 11 is 3.53. The van der Waals surface area contributed by atoms with E-state index in [1.807, 2.05) is 0 Å². The molecular formula is C12H17BrN2. The van der Waals surface area contributed by atoms with E-state index in [0.29, 0.717) is 6.04 Å². The smallest absolute Gasteiger partial charge is 0.0413 e. The Morgan fingerprint density at radius 2 is 2.33 bits per heavy atom. The topological polar surface area (TPSA) is 15.3 Å². The van der Waals surface area contributed by atoms with Crippen LogP contribution < -0.4 is 10.2 Å². The van der Waals surface area contributed by atoms with Crippen LogP contribution in [0.4, 0.5) is 5.69 Å². The first kappa shape index (κ1) is 11.0. The second-order valence-electron chi connectivity index (χ2n) is 4.09. The molecule has 1 aliphatic heterocycles. The van der Waals surface area contributed by atoms with Crippen molar-refractivity contribution in [2.75, 3.05) is 18.0 Å². The first-order valence-electron chi connectivity index (χ1n) is 5.47. The number of nitrogens with one attached hydrogen (secondary N) is 1. The highest BCUT2D eigenvalue weighted by Crippen LogP contribution is 2.26. The number of fused-ring (bicyclic) bond motifs is 1. The first-order chi connectivity index (χ1) is 7.20. The number of likely N-dealkylation sites (N-methyl/N-ethyl adjacent to an activating group) is 1. The van der Waals surface area contributed by atoms with Gasteiger partial charge < -0.3 is 10.2 Å². The Labute approximate surface area is 99.8 Å². The van der Waals surface area contributed by atoms with Crippen molar-refractivity contribution in [2.45, 2.75) is 26.4 Å². The second kappa shape index (κ2) is 4.54. The monoisotopic (exact) mass is 268 g/mol.